The van der Waals surface area contributed by atoms with E-state index in [0.717, 1.165) is 46.7 Å². The minimum atomic E-state index is 0.507. The Balaban J connectivity index is 1.45. The first-order valence-electron chi connectivity index (χ1n) is 12.0. The van der Waals surface area contributed by atoms with Crippen molar-refractivity contribution < 1.29 is 9.47 Å². The molecule has 3 heteroatoms. The summed E-state index contributed by atoms with van der Waals surface area (Å²) >= 11 is 0. The molecule has 168 valence electrons. The molecule has 1 aromatic heterocycles. The van der Waals surface area contributed by atoms with Crippen LogP contribution in [0.2, 0.25) is 0 Å². The molecule has 0 saturated heterocycles. The van der Waals surface area contributed by atoms with Crippen molar-refractivity contribution in [1.29, 1.82) is 0 Å². The number of methoxy groups -OCH3 is 1. The van der Waals surface area contributed by atoms with Crippen LogP contribution in [0.5, 0.6) is 11.5 Å². The summed E-state index contributed by atoms with van der Waals surface area (Å²) in [5.41, 5.74) is 7.20. The molecule has 1 aliphatic rings. The highest BCUT2D eigenvalue weighted by Gasteiger charge is 2.21. The molecule has 5 aromatic rings. The first-order valence-corrected chi connectivity index (χ1v) is 12.0. The second-order valence-corrected chi connectivity index (χ2v) is 8.95. The van der Waals surface area contributed by atoms with Crippen molar-refractivity contribution in [1.82, 2.24) is 4.98 Å². The van der Waals surface area contributed by atoms with Gasteiger partial charge in [-0.25, -0.2) is 4.98 Å². The molecule has 0 fully saturated rings. The van der Waals surface area contributed by atoms with Gasteiger partial charge in [-0.2, -0.15) is 0 Å². The summed E-state index contributed by atoms with van der Waals surface area (Å²) in [6.45, 7) is 0.507. The Morgan fingerprint density at radius 3 is 2.41 bits per heavy atom. The van der Waals surface area contributed by atoms with E-state index in [4.69, 9.17) is 14.5 Å². The second-order valence-electron chi connectivity index (χ2n) is 8.95. The highest BCUT2D eigenvalue weighted by atomic mass is 16.5. The number of benzene rings is 4. The highest BCUT2D eigenvalue weighted by Crippen LogP contribution is 2.40. The fourth-order valence-corrected chi connectivity index (χ4v) is 5.21. The number of hydrogen-bond acceptors (Lipinski definition) is 3. The Morgan fingerprint density at radius 1 is 0.765 bits per heavy atom. The van der Waals surface area contributed by atoms with Crippen molar-refractivity contribution >= 4 is 21.7 Å². The molecule has 34 heavy (non-hydrogen) atoms. The largest absolute Gasteiger partial charge is 0.493 e. The number of ether oxygens (including phenoxy) is 2. The van der Waals surface area contributed by atoms with E-state index in [0.29, 0.717) is 6.61 Å². The Kier molecular flexibility index (Phi) is 5.38. The van der Waals surface area contributed by atoms with Gasteiger partial charge in [0.15, 0.2) is 11.5 Å². The molecule has 0 unspecified atom stereocenters. The zero-order chi connectivity index (χ0) is 22.9. The van der Waals surface area contributed by atoms with Crippen LogP contribution in [0.15, 0.2) is 84.9 Å². The molecule has 0 N–H and O–H groups in total. The van der Waals surface area contributed by atoms with Crippen LogP contribution < -0.4 is 9.47 Å². The first-order chi connectivity index (χ1) is 16.8. The van der Waals surface area contributed by atoms with E-state index in [-0.39, 0.29) is 0 Å². The maximum absolute atomic E-state index is 6.09. The molecule has 0 aliphatic heterocycles. The third kappa shape index (κ3) is 3.67. The van der Waals surface area contributed by atoms with Gasteiger partial charge < -0.3 is 9.47 Å². The van der Waals surface area contributed by atoms with Crippen molar-refractivity contribution in [2.24, 2.45) is 0 Å². The van der Waals surface area contributed by atoms with Gasteiger partial charge in [-0.05, 0) is 77.4 Å². The van der Waals surface area contributed by atoms with Gasteiger partial charge in [0.2, 0.25) is 0 Å². The Morgan fingerprint density at radius 2 is 1.56 bits per heavy atom. The van der Waals surface area contributed by atoms with E-state index in [1.165, 1.54) is 40.1 Å². The molecule has 0 bridgehead atoms. The fourth-order valence-electron chi connectivity index (χ4n) is 5.21. The molecular formula is C31H27NO2. The maximum atomic E-state index is 6.09. The molecule has 6 rings (SSSR count). The van der Waals surface area contributed by atoms with E-state index in [2.05, 4.69) is 60.7 Å². The van der Waals surface area contributed by atoms with Crippen molar-refractivity contribution in [3.8, 4) is 22.8 Å². The topological polar surface area (TPSA) is 31.4 Å². The van der Waals surface area contributed by atoms with Gasteiger partial charge in [0, 0.05) is 10.9 Å². The van der Waals surface area contributed by atoms with E-state index in [9.17, 15) is 0 Å². The molecule has 0 saturated carbocycles. The third-order valence-electron chi connectivity index (χ3n) is 6.87. The molecule has 0 amide bonds. The van der Waals surface area contributed by atoms with Crippen LogP contribution in [-0.2, 0) is 19.4 Å². The molecule has 3 nitrogen and oxygen atoms in total. The molecule has 0 spiro atoms. The van der Waals surface area contributed by atoms with Crippen LogP contribution in [0.4, 0.5) is 0 Å². The maximum Gasteiger partial charge on any atom is 0.161 e. The Hall–Kier alpha value is -3.85. The van der Waals surface area contributed by atoms with Crippen LogP contribution in [0.3, 0.4) is 0 Å². The van der Waals surface area contributed by atoms with Crippen LogP contribution in [0.25, 0.3) is 32.9 Å². The number of fused-ring (bicyclic) bond motifs is 5. The minimum absolute atomic E-state index is 0.507. The smallest absolute Gasteiger partial charge is 0.161 e. The lowest BCUT2D eigenvalue weighted by Crippen LogP contribution is -2.08. The van der Waals surface area contributed by atoms with E-state index in [1.54, 1.807) is 7.11 Å². The lowest BCUT2D eigenvalue weighted by Gasteiger charge is -2.23. The zero-order valence-corrected chi connectivity index (χ0v) is 19.4. The van der Waals surface area contributed by atoms with Gasteiger partial charge in [0.1, 0.15) is 6.61 Å². The summed E-state index contributed by atoms with van der Waals surface area (Å²) in [7, 11) is 1.70. The van der Waals surface area contributed by atoms with Gasteiger partial charge >= 0.3 is 0 Å². The number of nitrogens with zero attached hydrogens (tertiary/aromatic N) is 1. The highest BCUT2D eigenvalue weighted by molar-refractivity contribution is 6.09. The first kappa shape index (κ1) is 20.7. The Labute approximate surface area is 200 Å². The molecule has 4 aromatic carbocycles. The van der Waals surface area contributed by atoms with Crippen LogP contribution in [0, 0.1) is 0 Å². The normalized spacial score (nSPS) is 13.1. The second kappa shape index (κ2) is 8.83. The number of pyridine rings is 1. The van der Waals surface area contributed by atoms with Crippen molar-refractivity contribution in [2.45, 2.75) is 32.3 Å². The van der Waals surface area contributed by atoms with Gasteiger partial charge in [0.25, 0.3) is 0 Å². The van der Waals surface area contributed by atoms with E-state index >= 15 is 0 Å². The summed E-state index contributed by atoms with van der Waals surface area (Å²) < 4.78 is 11.8. The van der Waals surface area contributed by atoms with Gasteiger partial charge in [-0.15, -0.1) is 0 Å². The number of aromatic nitrogens is 1. The quantitative estimate of drug-likeness (QED) is 0.262. The summed E-state index contributed by atoms with van der Waals surface area (Å²) in [5.74, 6) is 1.48. The summed E-state index contributed by atoms with van der Waals surface area (Å²) in [5, 5.41) is 3.91. The molecule has 1 aliphatic carbocycles. The monoisotopic (exact) mass is 445 g/mol. The lowest BCUT2D eigenvalue weighted by atomic mass is 9.85. The third-order valence-corrected chi connectivity index (χ3v) is 6.87. The predicted molar refractivity (Wildman–Crippen MR) is 139 cm³/mol. The Bertz CT molecular complexity index is 1490. The lowest BCUT2D eigenvalue weighted by molar-refractivity contribution is 0.284. The van der Waals surface area contributed by atoms with Gasteiger partial charge in [0.05, 0.1) is 18.3 Å². The van der Waals surface area contributed by atoms with Crippen molar-refractivity contribution in [3.63, 3.8) is 0 Å². The predicted octanol–water partition coefficient (Wildman–Crippen LogP) is 7.52. The van der Waals surface area contributed by atoms with E-state index in [1.807, 2.05) is 24.3 Å². The average molecular weight is 446 g/mol. The fraction of sp³-hybridized carbons (Fsp3) is 0.194. The van der Waals surface area contributed by atoms with Gasteiger partial charge in [-0.1, -0.05) is 60.7 Å². The molecule has 1 heterocycles. The van der Waals surface area contributed by atoms with Crippen LogP contribution >= 0.6 is 0 Å². The standard InChI is InChI=1S/C31H27NO2/c1-33-29-19-23(16-18-28(29)34-20-21-9-3-2-4-10-21)31-26-14-8-7-13-25(26)30-24-12-6-5-11-22(24)15-17-27(30)32-31/h2-6,9-12,15-19H,7-8,13-14,20H2,1H3. The van der Waals surface area contributed by atoms with Crippen LogP contribution in [-0.4, -0.2) is 12.1 Å². The van der Waals surface area contributed by atoms with E-state index < -0.39 is 0 Å². The van der Waals surface area contributed by atoms with Gasteiger partial charge in [-0.3, -0.25) is 0 Å². The number of rotatable bonds is 5. The molecular weight excluding hydrogens is 418 g/mol. The molecule has 0 radical (unpaired) electrons. The molecule has 0 atom stereocenters. The van der Waals surface area contributed by atoms with Crippen molar-refractivity contribution in [2.75, 3.05) is 7.11 Å². The SMILES string of the molecule is COc1cc(-c2nc3ccc4ccccc4c3c3c2CCCC3)ccc1OCc1ccccc1. The minimum Gasteiger partial charge on any atom is -0.493 e. The number of hydrogen-bond donors (Lipinski definition) is 0. The average Bonchev–Trinajstić information content (AvgIpc) is 2.91. The summed E-state index contributed by atoms with van der Waals surface area (Å²) in [6.07, 6.45) is 4.59. The van der Waals surface area contributed by atoms with Crippen LogP contribution in [0.1, 0.15) is 29.5 Å². The zero-order valence-electron chi connectivity index (χ0n) is 19.4. The summed E-state index contributed by atoms with van der Waals surface area (Å²) in [6, 6.07) is 29.4. The van der Waals surface area contributed by atoms with Crippen molar-refractivity contribution in [3.05, 3.63) is 102 Å². The number of aryl methyl sites for hydroxylation is 1. The summed E-state index contributed by atoms with van der Waals surface area (Å²) in [4.78, 5) is 5.21.